The number of aliphatic hydroxyl groups is 1. The van der Waals surface area contributed by atoms with Crippen molar-refractivity contribution in [2.75, 3.05) is 0 Å². The lowest BCUT2D eigenvalue weighted by Crippen LogP contribution is -2.25. The van der Waals surface area contributed by atoms with E-state index in [0.29, 0.717) is 17.3 Å². The summed E-state index contributed by atoms with van der Waals surface area (Å²) in [7, 11) is 0. The molecule has 1 atom stereocenters. The number of benzene rings is 1. The molecule has 14 heavy (non-hydrogen) atoms. The quantitative estimate of drug-likeness (QED) is 0.885. The number of halogens is 2. The first-order valence-electron chi connectivity index (χ1n) is 4.61. The molecule has 0 fully saturated rings. The van der Waals surface area contributed by atoms with Crippen LogP contribution < -0.4 is 0 Å². The second-order valence-electron chi connectivity index (χ2n) is 3.78. The Bertz CT molecular complexity index is 323. The van der Waals surface area contributed by atoms with Crippen LogP contribution in [0.25, 0.3) is 0 Å². The minimum atomic E-state index is -0.711. The largest absolute Gasteiger partial charge is 0.390 e. The molecule has 0 aliphatic carbocycles. The second kappa shape index (κ2) is 4.41. The highest BCUT2D eigenvalue weighted by Gasteiger charge is 2.18. The molecule has 0 aliphatic rings. The van der Waals surface area contributed by atoms with Crippen LogP contribution in [0, 0.1) is 5.82 Å². The van der Waals surface area contributed by atoms with E-state index in [-0.39, 0.29) is 5.82 Å². The first-order valence-corrected chi connectivity index (χ1v) is 5.40. The first-order chi connectivity index (χ1) is 6.44. The standard InChI is InChI=1S/C11H14BrFO/c1-3-11(2,14)7-8-4-5-10(13)9(12)6-8/h4-6,14H,3,7H2,1-2H3. The molecular weight excluding hydrogens is 247 g/mol. The summed E-state index contributed by atoms with van der Waals surface area (Å²) in [6.45, 7) is 3.71. The Morgan fingerprint density at radius 2 is 2.14 bits per heavy atom. The molecule has 0 saturated heterocycles. The van der Waals surface area contributed by atoms with Gasteiger partial charge in [0.05, 0.1) is 10.1 Å². The first kappa shape index (κ1) is 11.7. The predicted octanol–water partition coefficient (Wildman–Crippen LogP) is 3.29. The molecular formula is C11H14BrFO. The van der Waals surface area contributed by atoms with Gasteiger partial charge >= 0.3 is 0 Å². The van der Waals surface area contributed by atoms with E-state index in [1.54, 1.807) is 19.1 Å². The van der Waals surface area contributed by atoms with Crippen LogP contribution in [0.3, 0.4) is 0 Å². The van der Waals surface area contributed by atoms with Crippen LogP contribution >= 0.6 is 15.9 Å². The fraction of sp³-hybridized carbons (Fsp3) is 0.455. The van der Waals surface area contributed by atoms with E-state index >= 15 is 0 Å². The predicted molar refractivity (Wildman–Crippen MR) is 58.7 cm³/mol. The summed E-state index contributed by atoms with van der Waals surface area (Å²) in [5, 5.41) is 9.83. The summed E-state index contributed by atoms with van der Waals surface area (Å²) in [5.41, 5.74) is 0.224. The molecule has 0 bridgehead atoms. The van der Waals surface area contributed by atoms with Gasteiger partial charge < -0.3 is 5.11 Å². The third-order valence-corrected chi connectivity index (χ3v) is 2.94. The van der Waals surface area contributed by atoms with E-state index < -0.39 is 5.60 Å². The Labute approximate surface area is 92.1 Å². The van der Waals surface area contributed by atoms with E-state index in [1.165, 1.54) is 6.07 Å². The molecule has 1 aromatic rings. The monoisotopic (exact) mass is 260 g/mol. The average molecular weight is 261 g/mol. The molecule has 0 aromatic heterocycles. The minimum Gasteiger partial charge on any atom is -0.390 e. The normalized spacial score (nSPS) is 15.2. The molecule has 0 radical (unpaired) electrons. The molecule has 0 saturated carbocycles. The van der Waals surface area contributed by atoms with Crippen molar-refractivity contribution in [2.24, 2.45) is 0 Å². The average Bonchev–Trinajstić information content (AvgIpc) is 2.11. The van der Waals surface area contributed by atoms with Crippen molar-refractivity contribution in [3.8, 4) is 0 Å². The van der Waals surface area contributed by atoms with E-state index in [4.69, 9.17) is 0 Å². The van der Waals surface area contributed by atoms with Gasteiger partial charge in [0.1, 0.15) is 5.82 Å². The molecule has 3 heteroatoms. The van der Waals surface area contributed by atoms with Crippen LogP contribution in [0.15, 0.2) is 22.7 Å². The van der Waals surface area contributed by atoms with Crippen molar-refractivity contribution < 1.29 is 9.50 Å². The van der Waals surface area contributed by atoms with Crippen LogP contribution in [-0.4, -0.2) is 10.7 Å². The van der Waals surface area contributed by atoms with Gasteiger partial charge in [-0.15, -0.1) is 0 Å². The topological polar surface area (TPSA) is 20.2 Å². The Morgan fingerprint density at radius 3 is 2.64 bits per heavy atom. The third-order valence-electron chi connectivity index (χ3n) is 2.33. The van der Waals surface area contributed by atoms with Crippen molar-refractivity contribution in [3.63, 3.8) is 0 Å². The fourth-order valence-corrected chi connectivity index (χ4v) is 1.64. The Hall–Kier alpha value is -0.410. The summed E-state index contributed by atoms with van der Waals surface area (Å²) in [6, 6.07) is 4.81. The van der Waals surface area contributed by atoms with Crippen LogP contribution in [0.5, 0.6) is 0 Å². The van der Waals surface area contributed by atoms with Gasteiger partial charge in [-0.25, -0.2) is 4.39 Å². The van der Waals surface area contributed by atoms with Crippen LogP contribution in [0.4, 0.5) is 4.39 Å². The summed E-state index contributed by atoms with van der Waals surface area (Å²) in [4.78, 5) is 0. The maximum atomic E-state index is 12.9. The SMILES string of the molecule is CCC(C)(O)Cc1ccc(F)c(Br)c1. The molecule has 1 unspecified atom stereocenters. The van der Waals surface area contributed by atoms with E-state index in [1.807, 2.05) is 6.92 Å². The maximum Gasteiger partial charge on any atom is 0.137 e. The van der Waals surface area contributed by atoms with E-state index in [2.05, 4.69) is 15.9 Å². The van der Waals surface area contributed by atoms with Gasteiger partial charge in [-0.2, -0.15) is 0 Å². The molecule has 0 spiro atoms. The molecule has 0 heterocycles. The van der Waals surface area contributed by atoms with Crippen molar-refractivity contribution in [3.05, 3.63) is 34.1 Å². The number of hydrogen-bond acceptors (Lipinski definition) is 1. The lowest BCUT2D eigenvalue weighted by molar-refractivity contribution is 0.0564. The highest BCUT2D eigenvalue weighted by Crippen LogP contribution is 2.21. The van der Waals surface area contributed by atoms with Crippen molar-refractivity contribution in [2.45, 2.75) is 32.3 Å². The van der Waals surface area contributed by atoms with Crippen molar-refractivity contribution >= 4 is 15.9 Å². The summed E-state index contributed by atoms with van der Waals surface area (Å²) < 4.78 is 13.4. The summed E-state index contributed by atoms with van der Waals surface area (Å²) in [5.74, 6) is -0.273. The number of hydrogen-bond donors (Lipinski definition) is 1. The van der Waals surface area contributed by atoms with Gasteiger partial charge in [-0.05, 0) is 47.0 Å². The van der Waals surface area contributed by atoms with E-state index in [0.717, 1.165) is 5.56 Å². The van der Waals surface area contributed by atoms with Crippen LogP contribution in [-0.2, 0) is 6.42 Å². The third kappa shape index (κ3) is 3.07. The second-order valence-corrected chi connectivity index (χ2v) is 4.63. The fourth-order valence-electron chi connectivity index (χ4n) is 1.21. The lowest BCUT2D eigenvalue weighted by Gasteiger charge is -2.21. The van der Waals surface area contributed by atoms with Gasteiger partial charge in [0.2, 0.25) is 0 Å². The van der Waals surface area contributed by atoms with E-state index in [9.17, 15) is 9.50 Å². The van der Waals surface area contributed by atoms with Crippen LogP contribution in [0.1, 0.15) is 25.8 Å². The summed E-state index contributed by atoms with van der Waals surface area (Å²) >= 11 is 3.12. The molecule has 1 rings (SSSR count). The molecule has 1 aromatic carbocycles. The molecule has 1 N–H and O–H groups in total. The highest BCUT2D eigenvalue weighted by atomic mass is 79.9. The van der Waals surface area contributed by atoms with Crippen molar-refractivity contribution in [1.82, 2.24) is 0 Å². The van der Waals surface area contributed by atoms with Gasteiger partial charge in [-0.3, -0.25) is 0 Å². The zero-order chi connectivity index (χ0) is 10.8. The van der Waals surface area contributed by atoms with Gasteiger partial charge in [0, 0.05) is 6.42 Å². The smallest absolute Gasteiger partial charge is 0.137 e. The molecule has 1 nitrogen and oxygen atoms in total. The van der Waals surface area contributed by atoms with Crippen LogP contribution in [0.2, 0.25) is 0 Å². The zero-order valence-electron chi connectivity index (χ0n) is 8.35. The lowest BCUT2D eigenvalue weighted by atomic mass is 9.94. The molecule has 0 aliphatic heterocycles. The Morgan fingerprint density at radius 1 is 1.50 bits per heavy atom. The number of rotatable bonds is 3. The van der Waals surface area contributed by atoms with Gasteiger partial charge in [0.15, 0.2) is 0 Å². The Balaban J connectivity index is 2.83. The van der Waals surface area contributed by atoms with Gasteiger partial charge in [-0.1, -0.05) is 13.0 Å². The highest BCUT2D eigenvalue weighted by molar-refractivity contribution is 9.10. The Kier molecular flexibility index (Phi) is 3.67. The zero-order valence-corrected chi connectivity index (χ0v) is 9.94. The molecule has 78 valence electrons. The van der Waals surface area contributed by atoms with Gasteiger partial charge in [0.25, 0.3) is 0 Å². The molecule has 0 amide bonds. The minimum absolute atomic E-state index is 0.273. The summed E-state index contributed by atoms with van der Waals surface area (Å²) in [6.07, 6.45) is 1.23. The van der Waals surface area contributed by atoms with Crippen molar-refractivity contribution in [1.29, 1.82) is 0 Å². The maximum absolute atomic E-state index is 12.9.